The van der Waals surface area contributed by atoms with Crippen molar-refractivity contribution >= 4 is 34.7 Å². The molecular weight excluding hydrogens is 498 g/mol. The van der Waals surface area contributed by atoms with Gasteiger partial charge < -0.3 is 14.4 Å². The van der Waals surface area contributed by atoms with Crippen molar-refractivity contribution in [2.24, 2.45) is 0 Å². The van der Waals surface area contributed by atoms with Gasteiger partial charge in [0.15, 0.2) is 11.6 Å². The third-order valence-electron chi connectivity index (χ3n) is 7.77. The number of hydrogen-bond donors (Lipinski definition) is 0. The van der Waals surface area contributed by atoms with Gasteiger partial charge in [-0.15, -0.1) is 0 Å². The fourth-order valence-corrected chi connectivity index (χ4v) is 5.89. The summed E-state index contributed by atoms with van der Waals surface area (Å²) >= 11 is 0. The van der Waals surface area contributed by atoms with Crippen LogP contribution in [0.2, 0.25) is 0 Å². The molecule has 4 aromatic carbocycles. The topological polar surface area (TPSA) is 55.8 Å². The van der Waals surface area contributed by atoms with Crippen molar-refractivity contribution in [2.45, 2.75) is 33.1 Å². The number of fused-ring (bicyclic) bond motifs is 3. The van der Waals surface area contributed by atoms with E-state index >= 15 is 0 Å². The average Bonchev–Trinajstić information content (AvgIpc) is 3.20. The second kappa shape index (κ2) is 9.83. The van der Waals surface area contributed by atoms with E-state index in [1.54, 1.807) is 30.3 Å². The van der Waals surface area contributed by atoms with Crippen LogP contribution >= 0.6 is 0 Å². The SMILES string of the molecule is CCOc1cc(N2c3ccccc3C(C)(C)c3ccccc32)c(OCC)cc1C=C1C(=O)c2ccccc2C1=O. The summed E-state index contributed by atoms with van der Waals surface area (Å²) in [5.74, 6) is 0.666. The molecule has 6 rings (SSSR count). The molecule has 0 fully saturated rings. The fraction of sp³-hybridized carbons (Fsp3) is 0.200. The van der Waals surface area contributed by atoms with Crippen LogP contribution in [0.5, 0.6) is 11.5 Å². The molecule has 0 N–H and O–H groups in total. The number of carbonyl (C=O) groups excluding carboxylic acids is 2. The van der Waals surface area contributed by atoms with Crippen LogP contribution < -0.4 is 14.4 Å². The Bertz CT molecular complexity index is 1610. The lowest BCUT2D eigenvalue weighted by atomic mass is 9.73. The molecule has 0 aromatic heterocycles. The van der Waals surface area contributed by atoms with E-state index in [9.17, 15) is 9.59 Å². The smallest absolute Gasteiger partial charge is 0.197 e. The van der Waals surface area contributed by atoms with Gasteiger partial charge in [0.1, 0.15) is 11.5 Å². The zero-order chi connectivity index (χ0) is 28.0. The first-order valence-electron chi connectivity index (χ1n) is 13.7. The summed E-state index contributed by atoms with van der Waals surface area (Å²) in [6.07, 6.45) is 1.64. The van der Waals surface area contributed by atoms with Crippen molar-refractivity contribution in [1.82, 2.24) is 0 Å². The number of ketones is 2. The Labute approximate surface area is 234 Å². The summed E-state index contributed by atoms with van der Waals surface area (Å²) in [4.78, 5) is 28.6. The zero-order valence-corrected chi connectivity index (χ0v) is 23.2. The first-order chi connectivity index (χ1) is 19.4. The molecule has 1 aliphatic carbocycles. The molecule has 0 saturated heterocycles. The first kappa shape index (κ1) is 25.6. The standard InChI is InChI=1S/C35H31NO4/c1-5-39-31-21-30(36-28-17-11-9-15-26(28)35(3,4)27-16-10-12-18-29(27)36)32(40-6-2)20-22(31)19-25-33(37)23-13-7-8-14-24(23)34(25)38/h7-21H,5-6H2,1-4H3. The van der Waals surface area contributed by atoms with Crippen molar-refractivity contribution in [2.75, 3.05) is 18.1 Å². The van der Waals surface area contributed by atoms with Crippen LogP contribution in [0, 0.1) is 0 Å². The summed E-state index contributed by atoms with van der Waals surface area (Å²) in [7, 11) is 0. The molecule has 0 atom stereocenters. The number of allylic oxidation sites excluding steroid dienone is 1. The summed E-state index contributed by atoms with van der Waals surface area (Å²) < 4.78 is 12.4. The third-order valence-corrected chi connectivity index (χ3v) is 7.77. The van der Waals surface area contributed by atoms with Crippen LogP contribution in [0.1, 0.15) is 65.1 Å². The Hall–Kier alpha value is -4.64. The van der Waals surface area contributed by atoms with Gasteiger partial charge in [-0.1, -0.05) is 74.5 Å². The molecule has 0 radical (unpaired) electrons. The molecule has 40 heavy (non-hydrogen) atoms. The Morgan fingerprint density at radius 2 is 1.18 bits per heavy atom. The highest BCUT2D eigenvalue weighted by Crippen LogP contribution is 2.54. The Morgan fingerprint density at radius 3 is 1.73 bits per heavy atom. The van der Waals surface area contributed by atoms with Crippen molar-refractivity contribution in [3.05, 3.63) is 118 Å². The third kappa shape index (κ3) is 3.92. The molecule has 5 nitrogen and oxygen atoms in total. The molecule has 5 heteroatoms. The molecule has 0 saturated carbocycles. The van der Waals surface area contributed by atoms with E-state index in [0.29, 0.717) is 41.4 Å². The van der Waals surface area contributed by atoms with Gasteiger partial charge in [-0.2, -0.15) is 0 Å². The molecule has 0 bridgehead atoms. The minimum atomic E-state index is -0.272. The monoisotopic (exact) mass is 529 g/mol. The number of benzene rings is 4. The Morgan fingerprint density at radius 1 is 0.675 bits per heavy atom. The molecule has 1 heterocycles. The lowest BCUT2D eigenvalue weighted by Gasteiger charge is -2.42. The van der Waals surface area contributed by atoms with Gasteiger partial charge in [-0.05, 0) is 49.2 Å². The molecule has 4 aromatic rings. The Balaban J connectivity index is 1.57. The van der Waals surface area contributed by atoms with Crippen molar-refractivity contribution < 1.29 is 19.1 Å². The molecule has 0 amide bonds. The quantitative estimate of drug-likeness (QED) is 0.187. The Kier molecular flexibility index (Phi) is 6.30. The molecular formula is C35H31NO4. The van der Waals surface area contributed by atoms with E-state index in [1.165, 1.54) is 11.1 Å². The fourth-order valence-electron chi connectivity index (χ4n) is 5.89. The average molecular weight is 530 g/mol. The maximum atomic E-state index is 13.2. The number of nitrogens with zero attached hydrogens (tertiary/aromatic N) is 1. The predicted molar refractivity (Wildman–Crippen MR) is 159 cm³/mol. The largest absolute Gasteiger partial charge is 0.493 e. The molecule has 1 aliphatic heterocycles. The van der Waals surface area contributed by atoms with Crippen LogP contribution in [0.15, 0.2) is 90.5 Å². The lowest BCUT2D eigenvalue weighted by molar-refractivity contribution is 0.0990. The normalized spacial score (nSPS) is 14.9. The van der Waals surface area contributed by atoms with Gasteiger partial charge in [0.05, 0.1) is 35.8 Å². The van der Waals surface area contributed by atoms with Crippen LogP contribution in [0.3, 0.4) is 0 Å². The predicted octanol–water partition coefficient (Wildman–Crippen LogP) is 8.06. The second-order valence-electron chi connectivity index (χ2n) is 10.5. The van der Waals surface area contributed by atoms with Crippen molar-refractivity contribution in [1.29, 1.82) is 0 Å². The minimum absolute atomic E-state index is 0.132. The highest BCUT2D eigenvalue weighted by Gasteiger charge is 2.38. The van der Waals surface area contributed by atoms with E-state index in [4.69, 9.17) is 9.47 Å². The highest BCUT2D eigenvalue weighted by atomic mass is 16.5. The first-order valence-corrected chi connectivity index (χ1v) is 13.7. The molecule has 2 aliphatic rings. The summed E-state index contributed by atoms with van der Waals surface area (Å²) in [5, 5.41) is 0. The van der Waals surface area contributed by atoms with Gasteiger partial charge in [0.2, 0.25) is 0 Å². The van der Waals surface area contributed by atoms with Gasteiger partial charge >= 0.3 is 0 Å². The van der Waals surface area contributed by atoms with Crippen molar-refractivity contribution in [3.8, 4) is 11.5 Å². The van der Waals surface area contributed by atoms with Crippen LogP contribution in [0.25, 0.3) is 6.08 Å². The lowest BCUT2D eigenvalue weighted by Crippen LogP contribution is -2.30. The number of anilines is 3. The van der Waals surface area contributed by atoms with E-state index in [2.05, 4.69) is 55.1 Å². The van der Waals surface area contributed by atoms with Crippen LogP contribution in [-0.4, -0.2) is 24.8 Å². The van der Waals surface area contributed by atoms with E-state index < -0.39 is 0 Å². The molecule has 0 unspecified atom stereocenters. The maximum Gasteiger partial charge on any atom is 0.197 e. The number of carbonyl (C=O) groups is 2. The van der Waals surface area contributed by atoms with Gasteiger partial charge in [-0.3, -0.25) is 9.59 Å². The number of hydrogen-bond acceptors (Lipinski definition) is 5. The summed E-state index contributed by atoms with van der Waals surface area (Å²) in [6.45, 7) is 9.23. The number of ether oxygens (including phenoxy) is 2. The van der Waals surface area contributed by atoms with Crippen molar-refractivity contribution in [3.63, 3.8) is 0 Å². The number of rotatable bonds is 6. The second-order valence-corrected chi connectivity index (χ2v) is 10.5. The summed E-state index contributed by atoms with van der Waals surface area (Å²) in [5.41, 5.74) is 6.81. The maximum absolute atomic E-state index is 13.2. The minimum Gasteiger partial charge on any atom is -0.493 e. The molecule has 0 spiro atoms. The van der Waals surface area contributed by atoms with E-state index in [0.717, 1.165) is 17.1 Å². The van der Waals surface area contributed by atoms with E-state index in [-0.39, 0.29) is 22.6 Å². The highest BCUT2D eigenvalue weighted by molar-refractivity contribution is 6.41. The van der Waals surface area contributed by atoms with E-state index in [1.807, 2.05) is 38.1 Å². The number of Topliss-reactive ketones (excluding diaryl/α,β-unsaturated/α-hetero) is 2. The van der Waals surface area contributed by atoms with Gasteiger partial charge in [-0.25, -0.2) is 0 Å². The zero-order valence-electron chi connectivity index (χ0n) is 23.2. The number of para-hydroxylation sites is 2. The van der Waals surface area contributed by atoms with Gasteiger partial charge in [0.25, 0.3) is 0 Å². The summed E-state index contributed by atoms with van der Waals surface area (Å²) in [6, 6.07) is 27.6. The van der Waals surface area contributed by atoms with Crippen LogP contribution in [-0.2, 0) is 5.41 Å². The molecule has 200 valence electrons. The van der Waals surface area contributed by atoms with Crippen LogP contribution in [0.4, 0.5) is 17.1 Å². The van der Waals surface area contributed by atoms with Gasteiger partial charge in [0, 0.05) is 28.2 Å².